The van der Waals surface area contributed by atoms with Gasteiger partial charge in [0, 0.05) is 13.0 Å². The predicted molar refractivity (Wildman–Crippen MR) is 250 cm³/mol. The zero-order valence-electron chi connectivity index (χ0n) is 39.8. The molecule has 17 nitrogen and oxygen atoms in total. The molecule has 364 valence electrons. The van der Waals surface area contributed by atoms with Crippen LogP contribution in [-0.4, -0.2) is 118 Å². The molecule has 2 aromatic rings. The molecule has 3 saturated carbocycles. The van der Waals surface area contributed by atoms with Crippen LogP contribution in [0.2, 0.25) is 0 Å². The lowest BCUT2D eigenvalue weighted by atomic mass is 9.43. The van der Waals surface area contributed by atoms with Crippen molar-refractivity contribution in [1.29, 1.82) is 0 Å². The molecule has 8 N–H and O–H groups in total. The molecule has 5 fully saturated rings. The molecule has 7 rings (SSSR count). The number of benzene rings is 2. The number of carbonyl (C=O) groups is 7. The maximum Gasteiger partial charge on any atom is 0.481 e. The number of likely N-dealkylation sites (tertiary alicyclic amines) is 1. The highest BCUT2D eigenvalue weighted by Crippen LogP contribution is 2.65. The van der Waals surface area contributed by atoms with Gasteiger partial charge in [0.15, 0.2) is 0 Å². The van der Waals surface area contributed by atoms with E-state index in [4.69, 9.17) is 20.1 Å². The highest BCUT2D eigenvalue weighted by Gasteiger charge is 2.68. The number of aliphatic carboxylic acids is 2. The maximum atomic E-state index is 14.5. The normalized spacial score (nSPS) is 24.9. The van der Waals surface area contributed by atoms with E-state index in [9.17, 15) is 38.7 Å². The summed E-state index contributed by atoms with van der Waals surface area (Å²) in [5, 5.41) is 29.4. The van der Waals surface area contributed by atoms with Crippen LogP contribution < -0.4 is 27.0 Å². The molecule has 0 radical (unpaired) electrons. The SMILES string of the molecule is CC(C)[C@H](NC(=O)[C@H](CCC(=O)O)NC(=O)[C@@H](N)CC(=O)O)C(=O)N[C@H](C(=O)N1CCC[C@H]1C(=O)N[C@@H](CCc1ccc(-c2ccccc2)cc1)B1O[C@H]2C[C@@H]3C[C@@H](C3(C)C)[C@@]2(C)O1)C(C)C. The summed E-state index contributed by atoms with van der Waals surface area (Å²) in [6.07, 6.45) is 2.35. The van der Waals surface area contributed by atoms with E-state index < -0.39 is 109 Å². The molecule has 2 aromatic carbocycles. The fourth-order valence-corrected chi connectivity index (χ4v) is 10.6. The molecule has 0 aromatic heterocycles. The number of carbonyl (C=O) groups excluding carboxylic acids is 5. The standard InChI is InChI=1S/C49H69BN6O11/c1-27(2)41(54-44(62)34(20-22-39(57)58)52-43(61)33(51)26-40(59)60)46(64)55-42(28(3)4)47(65)56-23-11-14-35(56)45(63)53-38(21-17-29-15-18-31(19-16-29)30-12-9-8-10-13-30)50-66-37-25-32-24-36(48(32,5)6)49(37,7)67-50/h8-10,12-13,15-16,18-19,27-28,32-38,41-42H,11,14,17,20-26,51H2,1-7H3,(H,52,61)(H,53,63)(H,54,62)(H,55,64)(H,57,58)(H,59,60)/t32-,33-,34-,35-,36-,37-,38-,41-,42-,49+/m0/s1. The van der Waals surface area contributed by atoms with Crippen molar-refractivity contribution in [3.05, 3.63) is 60.2 Å². The van der Waals surface area contributed by atoms with Crippen molar-refractivity contribution in [2.24, 2.45) is 34.8 Å². The monoisotopic (exact) mass is 929 g/mol. The van der Waals surface area contributed by atoms with E-state index in [-0.39, 0.29) is 30.4 Å². The number of carboxylic acids is 2. The molecule has 67 heavy (non-hydrogen) atoms. The van der Waals surface area contributed by atoms with Gasteiger partial charge in [0.25, 0.3) is 0 Å². The third kappa shape index (κ3) is 11.7. The van der Waals surface area contributed by atoms with Gasteiger partial charge in [-0.2, -0.15) is 0 Å². The van der Waals surface area contributed by atoms with Crippen LogP contribution >= 0.6 is 0 Å². The Balaban J connectivity index is 1.15. The summed E-state index contributed by atoms with van der Waals surface area (Å²) in [6, 6.07) is 12.4. The van der Waals surface area contributed by atoms with Crippen LogP contribution in [0.1, 0.15) is 105 Å². The Bertz CT molecular complexity index is 2140. The first-order valence-corrected chi connectivity index (χ1v) is 23.8. The number of nitrogens with one attached hydrogen (secondary N) is 4. The average molecular weight is 929 g/mol. The van der Waals surface area contributed by atoms with Crippen molar-refractivity contribution in [3.8, 4) is 11.1 Å². The van der Waals surface area contributed by atoms with E-state index in [0.717, 1.165) is 29.5 Å². The van der Waals surface area contributed by atoms with Gasteiger partial charge in [0.2, 0.25) is 29.5 Å². The molecule has 2 bridgehead atoms. The highest BCUT2D eigenvalue weighted by atomic mass is 16.7. The molecule has 5 aliphatic rings. The number of carboxylic acid groups (broad SMARTS) is 2. The maximum absolute atomic E-state index is 14.5. The molecule has 2 heterocycles. The Morgan fingerprint density at radius 3 is 2.04 bits per heavy atom. The first-order chi connectivity index (χ1) is 31.6. The van der Waals surface area contributed by atoms with E-state index in [1.165, 1.54) is 4.90 Å². The van der Waals surface area contributed by atoms with Crippen molar-refractivity contribution in [3.63, 3.8) is 0 Å². The van der Waals surface area contributed by atoms with Gasteiger partial charge in [-0.3, -0.25) is 33.6 Å². The quantitative estimate of drug-likeness (QED) is 0.0889. The fourth-order valence-electron chi connectivity index (χ4n) is 10.6. The molecular weight excluding hydrogens is 859 g/mol. The van der Waals surface area contributed by atoms with Crippen LogP contribution in [0.3, 0.4) is 0 Å². The minimum absolute atomic E-state index is 0.102. The zero-order valence-corrected chi connectivity index (χ0v) is 39.8. The fraction of sp³-hybridized carbons (Fsp3) is 0.612. The number of rotatable bonds is 21. The summed E-state index contributed by atoms with van der Waals surface area (Å²) < 4.78 is 13.6. The van der Waals surface area contributed by atoms with Crippen molar-refractivity contribution >= 4 is 48.6 Å². The molecule has 2 saturated heterocycles. The number of hydrogen-bond acceptors (Lipinski definition) is 10. The first kappa shape index (κ1) is 51.1. The van der Waals surface area contributed by atoms with Gasteiger partial charge < -0.3 is 51.4 Å². The Labute approximate surface area is 393 Å². The van der Waals surface area contributed by atoms with Crippen molar-refractivity contribution in [1.82, 2.24) is 26.2 Å². The second-order valence-corrected chi connectivity index (χ2v) is 20.4. The van der Waals surface area contributed by atoms with Crippen LogP contribution in [0.25, 0.3) is 11.1 Å². The zero-order chi connectivity index (χ0) is 49.0. The molecule has 10 atom stereocenters. The summed E-state index contributed by atoms with van der Waals surface area (Å²) in [5.41, 5.74) is 8.62. The number of nitrogens with zero attached hydrogens (tertiary/aromatic N) is 1. The molecule has 5 amide bonds. The molecule has 3 aliphatic carbocycles. The highest BCUT2D eigenvalue weighted by molar-refractivity contribution is 6.48. The molecule has 0 spiro atoms. The van der Waals surface area contributed by atoms with E-state index in [1.54, 1.807) is 27.7 Å². The molecule has 18 heteroatoms. The second kappa shape index (κ2) is 21.3. The van der Waals surface area contributed by atoms with E-state index >= 15 is 0 Å². The van der Waals surface area contributed by atoms with Crippen LogP contribution in [0, 0.1) is 29.1 Å². The first-order valence-electron chi connectivity index (χ1n) is 23.8. The van der Waals surface area contributed by atoms with Crippen molar-refractivity contribution < 1.29 is 53.1 Å². The van der Waals surface area contributed by atoms with Gasteiger partial charge in [-0.1, -0.05) is 96.1 Å². The second-order valence-electron chi connectivity index (χ2n) is 20.4. The van der Waals surface area contributed by atoms with E-state index in [2.05, 4.69) is 78.4 Å². The molecule has 2 aliphatic heterocycles. The Kier molecular flexibility index (Phi) is 16.3. The average Bonchev–Trinajstić information content (AvgIpc) is 3.92. The number of hydrogen-bond donors (Lipinski definition) is 7. The van der Waals surface area contributed by atoms with Gasteiger partial charge in [-0.05, 0) is 97.6 Å². The smallest absolute Gasteiger partial charge is 0.481 e. The van der Waals surface area contributed by atoms with Gasteiger partial charge in [0.1, 0.15) is 24.2 Å². The minimum Gasteiger partial charge on any atom is -0.481 e. The predicted octanol–water partition coefficient (Wildman–Crippen LogP) is 3.46. The topological polar surface area (TPSA) is 256 Å². The van der Waals surface area contributed by atoms with Gasteiger partial charge in [0.05, 0.1) is 30.1 Å². The van der Waals surface area contributed by atoms with E-state index in [1.807, 2.05) is 18.2 Å². The minimum atomic E-state index is -1.51. The van der Waals surface area contributed by atoms with Crippen molar-refractivity contribution in [2.45, 2.75) is 154 Å². The Morgan fingerprint density at radius 1 is 0.791 bits per heavy atom. The van der Waals surface area contributed by atoms with Gasteiger partial charge in [-0.15, -0.1) is 0 Å². The van der Waals surface area contributed by atoms with Crippen LogP contribution in [0.4, 0.5) is 0 Å². The summed E-state index contributed by atoms with van der Waals surface area (Å²) >= 11 is 0. The Hall–Kier alpha value is -5.33. The van der Waals surface area contributed by atoms with Crippen LogP contribution in [0.5, 0.6) is 0 Å². The van der Waals surface area contributed by atoms with Gasteiger partial charge >= 0.3 is 19.1 Å². The summed E-state index contributed by atoms with van der Waals surface area (Å²) in [7, 11) is -0.701. The van der Waals surface area contributed by atoms with Crippen LogP contribution in [-0.2, 0) is 49.3 Å². The lowest BCUT2D eigenvalue weighted by molar-refractivity contribution is -0.199. The molecule has 0 unspecified atom stereocenters. The third-order valence-electron chi connectivity index (χ3n) is 14.8. The summed E-state index contributed by atoms with van der Waals surface area (Å²) in [5.74, 6) is -6.63. The number of aryl methyl sites for hydroxylation is 1. The van der Waals surface area contributed by atoms with Gasteiger partial charge in [-0.25, -0.2) is 0 Å². The van der Waals surface area contributed by atoms with Crippen LogP contribution in [0.15, 0.2) is 54.6 Å². The lowest BCUT2D eigenvalue weighted by Crippen LogP contribution is -2.65. The number of amides is 5. The number of nitrogens with two attached hydrogens (primary N) is 1. The largest absolute Gasteiger partial charge is 0.481 e. The van der Waals surface area contributed by atoms with Crippen molar-refractivity contribution in [2.75, 3.05) is 6.54 Å². The summed E-state index contributed by atoms with van der Waals surface area (Å²) in [4.78, 5) is 93.3. The third-order valence-corrected chi connectivity index (χ3v) is 14.8. The Morgan fingerprint density at radius 2 is 1.43 bits per heavy atom. The summed E-state index contributed by atoms with van der Waals surface area (Å²) in [6.45, 7) is 13.9. The lowest BCUT2D eigenvalue weighted by Gasteiger charge is -2.64. The molecular formula is C49H69BN6O11. The van der Waals surface area contributed by atoms with E-state index in [0.29, 0.717) is 37.5 Å².